The molecule has 1 rings (SSSR count). The standard InChI is InChI=1S/C15H22O3/c1-11(2)12-5-7-13(8-6-12)18-15(3,4)10-9-14(16)17/h5-8,11H,9-10H2,1-4H3,(H,16,17). The van der Waals surface area contributed by atoms with E-state index in [2.05, 4.69) is 13.8 Å². The van der Waals surface area contributed by atoms with Crippen molar-refractivity contribution in [3.05, 3.63) is 29.8 Å². The van der Waals surface area contributed by atoms with Crippen LogP contribution in [0.15, 0.2) is 24.3 Å². The number of rotatable bonds is 6. The largest absolute Gasteiger partial charge is 0.488 e. The van der Waals surface area contributed by atoms with Gasteiger partial charge < -0.3 is 9.84 Å². The first-order chi connectivity index (χ1) is 8.30. The molecule has 0 aliphatic rings. The number of carbonyl (C=O) groups is 1. The van der Waals surface area contributed by atoms with Crippen LogP contribution in [-0.2, 0) is 4.79 Å². The monoisotopic (exact) mass is 250 g/mol. The smallest absolute Gasteiger partial charge is 0.303 e. The second-order valence-electron chi connectivity index (χ2n) is 5.48. The molecular weight excluding hydrogens is 228 g/mol. The summed E-state index contributed by atoms with van der Waals surface area (Å²) in [5, 5.41) is 8.68. The van der Waals surface area contributed by atoms with Crippen molar-refractivity contribution in [2.45, 2.75) is 52.1 Å². The minimum atomic E-state index is -0.790. The van der Waals surface area contributed by atoms with E-state index in [0.717, 1.165) is 5.75 Å². The van der Waals surface area contributed by atoms with Gasteiger partial charge in [0.1, 0.15) is 11.4 Å². The van der Waals surface area contributed by atoms with Gasteiger partial charge in [-0.25, -0.2) is 0 Å². The minimum absolute atomic E-state index is 0.122. The van der Waals surface area contributed by atoms with Gasteiger partial charge in [-0.1, -0.05) is 26.0 Å². The molecule has 1 aromatic rings. The van der Waals surface area contributed by atoms with Gasteiger partial charge in [-0.2, -0.15) is 0 Å². The van der Waals surface area contributed by atoms with Crippen LogP contribution >= 0.6 is 0 Å². The summed E-state index contributed by atoms with van der Waals surface area (Å²) in [6, 6.07) is 7.98. The lowest BCUT2D eigenvalue weighted by atomic mass is 10.0. The molecule has 0 radical (unpaired) electrons. The van der Waals surface area contributed by atoms with Crippen LogP contribution in [0.1, 0.15) is 52.0 Å². The van der Waals surface area contributed by atoms with Gasteiger partial charge in [-0.3, -0.25) is 4.79 Å². The highest BCUT2D eigenvalue weighted by Crippen LogP contribution is 2.24. The number of benzene rings is 1. The number of hydrogen-bond donors (Lipinski definition) is 1. The molecule has 0 amide bonds. The van der Waals surface area contributed by atoms with Crippen LogP contribution in [0.25, 0.3) is 0 Å². The number of ether oxygens (including phenoxy) is 1. The first-order valence-corrected chi connectivity index (χ1v) is 6.31. The van der Waals surface area contributed by atoms with Crippen molar-refractivity contribution in [1.29, 1.82) is 0 Å². The molecule has 0 aliphatic heterocycles. The molecule has 0 unspecified atom stereocenters. The Bertz CT molecular complexity index is 391. The number of carboxylic acid groups (broad SMARTS) is 1. The zero-order valence-corrected chi connectivity index (χ0v) is 11.6. The van der Waals surface area contributed by atoms with Gasteiger partial charge in [-0.15, -0.1) is 0 Å². The van der Waals surface area contributed by atoms with E-state index in [1.54, 1.807) is 0 Å². The van der Waals surface area contributed by atoms with Crippen LogP contribution in [0.2, 0.25) is 0 Å². The van der Waals surface area contributed by atoms with Crippen molar-refractivity contribution in [2.75, 3.05) is 0 Å². The normalized spacial score (nSPS) is 11.6. The summed E-state index contributed by atoms with van der Waals surface area (Å²) in [5.74, 6) is 0.496. The van der Waals surface area contributed by atoms with E-state index in [9.17, 15) is 4.79 Å². The van der Waals surface area contributed by atoms with Gasteiger partial charge in [0.2, 0.25) is 0 Å². The molecule has 1 aromatic carbocycles. The fourth-order valence-electron chi connectivity index (χ4n) is 1.70. The molecule has 0 bridgehead atoms. The minimum Gasteiger partial charge on any atom is -0.488 e. The van der Waals surface area contributed by atoms with Crippen molar-refractivity contribution in [1.82, 2.24) is 0 Å². The molecule has 0 heterocycles. The quantitative estimate of drug-likeness (QED) is 0.834. The molecule has 0 atom stereocenters. The maximum Gasteiger partial charge on any atom is 0.303 e. The van der Waals surface area contributed by atoms with Gasteiger partial charge >= 0.3 is 5.97 Å². The average molecular weight is 250 g/mol. The Morgan fingerprint density at radius 2 is 1.83 bits per heavy atom. The van der Waals surface area contributed by atoms with E-state index >= 15 is 0 Å². The van der Waals surface area contributed by atoms with E-state index < -0.39 is 11.6 Å². The number of hydrogen-bond acceptors (Lipinski definition) is 2. The molecule has 3 nitrogen and oxygen atoms in total. The third-order valence-electron chi connectivity index (χ3n) is 2.88. The fourth-order valence-corrected chi connectivity index (χ4v) is 1.70. The third kappa shape index (κ3) is 4.78. The van der Waals surface area contributed by atoms with Gasteiger partial charge in [0, 0.05) is 6.42 Å². The SMILES string of the molecule is CC(C)c1ccc(OC(C)(C)CCC(=O)O)cc1. The van der Waals surface area contributed by atoms with E-state index in [4.69, 9.17) is 9.84 Å². The van der Waals surface area contributed by atoms with Crippen molar-refractivity contribution < 1.29 is 14.6 Å². The molecule has 0 fully saturated rings. The summed E-state index contributed by atoms with van der Waals surface area (Å²) >= 11 is 0. The van der Waals surface area contributed by atoms with E-state index in [0.29, 0.717) is 12.3 Å². The molecule has 1 N–H and O–H groups in total. The molecule has 0 saturated carbocycles. The van der Waals surface area contributed by atoms with E-state index in [1.807, 2.05) is 38.1 Å². The van der Waals surface area contributed by atoms with Crippen molar-refractivity contribution >= 4 is 5.97 Å². The maximum atomic E-state index is 10.6. The summed E-state index contributed by atoms with van der Waals surface area (Å²) in [7, 11) is 0. The van der Waals surface area contributed by atoms with Crippen molar-refractivity contribution in [3.8, 4) is 5.75 Å². The lowest BCUT2D eigenvalue weighted by molar-refractivity contribution is -0.138. The Morgan fingerprint density at radius 1 is 1.28 bits per heavy atom. The Morgan fingerprint density at radius 3 is 2.28 bits per heavy atom. The van der Waals surface area contributed by atoms with Crippen LogP contribution in [0.5, 0.6) is 5.75 Å². The highest BCUT2D eigenvalue weighted by molar-refractivity contribution is 5.66. The number of carboxylic acids is 1. The first-order valence-electron chi connectivity index (χ1n) is 6.31. The summed E-state index contributed by atoms with van der Waals surface area (Å²) in [5.41, 5.74) is 0.809. The average Bonchev–Trinajstić information content (AvgIpc) is 2.27. The molecule has 3 heteroatoms. The lowest BCUT2D eigenvalue weighted by Crippen LogP contribution is -2.29. The molecule has 0 spiro atoms. The zero-order valence-electron chi connectivity index (χ0n) is 11.6. The second-order valence-corrected chi connectivity index (χ2v) is 5.48. The molecule has 0 aromatic heterocycles. The highest BCUT2D eigenvalue weighted by atomic mass is 16.5. The summed E-state index contributed by atoms with van der Waals surface area (Å²) in [6.45, 7) is 8.11. The second kappa shape index (κ2) is 5.89. The van der Waals surface area contributed by atoms with Crippen LogP contribution in [0, 0.1) is 0 Å². The summed E-state index contributed by atoms with van der Waals surface area (Å²) in [6.07, 6.45) is 0.616. The van der Waals surface area contributed by atoms with Crippen molar-refractivity contribution in [2.24, 2.45) is 0 Å². The Balaban J connectivity index is 2.63. The highest BCUT2D eigenvalue weighted by Gasteiger charge is 2.21. The van der Waals surface area contributed by atoms with Crippen LogP contribution in [0.3, 0.4) is 0 Å². The molecule has 100 valence electrons. The van der Waals surface area contributed by atoms with E-state index in [-0.39, 0.29) is 6.42 Å². The van der Waals surface area contributed by atoms with E-state index in [1.165, 1.54) is 5.56 Å². The summed E-state index contributed by atoms with van der Waals surface area (Å²) in [4.78, 5) is 10.6. The zero-order chi connectivity index (χ0) is 13.8. The Hall–Kier alpha value is -1.51. The summed E-state index contributed by atoms with van der Waals surface area (Å²) < 4.78 is 5.82. The van der Waals surface area contributed by atoms with Crippen LogP contribution < -0.4 is 4.74 Å². The Labute approximate surface area is 109 Å². The van der Waals surface area contributed by atoms with Crippen molar-refractivity contribution in [3.63, 3.8) is 0 Å². The number of aliphatic carboxylic acids is 1. The third-order valence-corrected chi connectivity index (χ3v) is 2.88. The molecular formula is C15H22O3. The first kappa shape index (κ1) is 14.6. The fraction of sp³-hybridized carbons (Fsp3) is 0.533. The van der Waals surface area contributed by atoms with Crippen LogP contribution in [0.4, 0.5) is 0 Å². The van der Waals surface area contributed by atoms with Crippen LogP contribution in [-0.4, -0.2) is 16.7 Å². The molecule has 0 saturated heterocycles. The predicted octanol–water partition coefficient (Wildman–Crippen LogP) is 3.83. The topological polar surface area (TPSA) is 46.5 Å². The van der Waals surface area contributed by atoms with Gasteiger partial charge in [0.15, 0.2) is 0 Å². The van der Waals surface area contributed by atoms with Gasteiger partial charge in [0.25, 0.3) is 0 Å². The van der Waals surface area contributed by atoms with Gasteiger partial charge in [-0.05, 0) is 43.9 Å². The predicted molar refractivity (Wildman–Crippen MR) is 72.1 cm³/mol. The van der Waals surface area contributed by atoms with Gasteiger partial charge in [0.05, 0.1) is 0 Å². The molecule has 18 heavy (non-hydrogen) atoms. The Kier molecular flexibility index (Phi) is 4.76. The lowest BCUT2D eigenvalue weighted by Gasteiger charge is -2.26. The molecule has 0 aliphatic carbocycles. The maximum absolute atomic E-state index is 10.6.